The summed E-state index contributed by atoms with van der Waals surface area (Å²) in [7, 11) is -2.21. The topological polar surface area (TPSA) is 126 Å². The lowest BCUT2D eigenvalue weighted by molar-refractivity contribution is -0.384. The van der Waals surface area contributed by atoms with Crippen LogP contribution in [-0.4, -0.2) is 72.3 Å². The number of amides is 1. The van der Waals surface area contributed by atoms with Crippen molar-refractivity contribution in [3.63, 3.8) is 0 Å². The maximum absolute atomic E-state index is 13.7. The van der Waals surface area contributed by atoms with E-state index in [-0.39, 0.29) is 27.6 Å². The first kappa shape index (κ1) is 28.7. The lowest BCUT2D eigenvalue weighted by Gasteiger charge is -2.36. The van der Waals surface area contributed by atoms with E-state index in [1.165, 1.54) is 22.5 Å². The lowest BCUT2D eigenvalue weighted by atomic mass is 9.96. The molecule has 3 aromatic rings. The Hall–Kier alpha value is -3.77. The molecule has 1 aliphatic carbocycles. The molecule has 0 radical (unpaired) electrons. The van der Waals surface area contributed by atoms with Gasteiger partial charge in [-0.3, -0.25) is 19.7 Å². The highest BCUT2D eigenvalue weighted by molar-refractivity contribution is 7.89. The fourth-order valence-corrected chi connectivity index (χ4v) is 7.32. The quantitative estimate of drug-likeness (QED) is 0.306. The molecule has 1 aliphatic heterocycles. The van der Waals surface area contributed by atoms with Crippen LogP contribution in [-0.2, 0) is 16.6 Å². The van der Waals surface area contributed by atoms with Crippen LogP contribution < -0.4 is 10.3 Å². The smallest absolute Gasteiger partial charge is 0.269 e. The summed E-state index contributed by atoms with van der Waals surface area (Å²) in [4.78, 5) is 41.5. The fourth-order valence-electron chi connectivity index (χ4n) is 5.88. The zero-order valence-electron chi connectivity index (χ0n) is 23.4. The summed E-state index contributed by atoms with van der Waals surface area (Å²) in [5.41, 5.74) is 0.954. The molecule has 2 aliphatic rings. The van der Waals surface area contributed by atoms with Gasteiger partial charge >= 0.3 is 0 Å². The number of non-ortho nitro benzene ring substituents is 1. The Labute approximate surface area is 239 Å². The standard InChI is InChI=1S/C29H35N5O6S/c1-3-31-20-26(29(36)33-17-15-32(16-18-33)22-9-11-23(12-10-22)34(37)38)28(35)25-19-24(13-14-27(25)31)41(39,40)30(2)21-7-5-4-6-8-21/h9-14,19-21H,3-8,15-18H2,1-2H3. The van der Waals surface area contributed by atoms with E-state index in [0.717, 1.165) is 37.8 Å². The van der Waals surface area contributed by atoms with E-state index in [0.29, 0.717) is 38.2 Å². The number of aromatic nitrogens is 1. The number of hydrogen-bond acceptors (Lipinski definition) is 7. The Morgan fingerprint density at radius 1 is 1.02 bits per heavy atom. The Morgan fingerprint density at radius 3 is 2.29 bits per heavy atom. The number of hydrogen-bond donors (Lipinski definition) is 0. The van der Waals surface area contributed by atoms with Crippen molar-refractivity contribution < 1.29 is 18.1 Å². The van der Waals surface area contributed by atoms with Gasteiger partial charge in [0.05, 0.1) is 15.3 Å². The number of benzene rings is 2. The second-order valence-corrected chi connectivity index (χ2v) is 12.7. The first-order valence-electron chi connectivity index (χ1n) is 14.1. The van der Waals surface area contributed by atoms with E-state index in [2.05, 4.69) is 0 Å². The molecule has 2 aromatic carbocycles. The van der Waals surface area contributed by atoms with Gasteiger partial charge in [-0.1, -0.05) is 19.3 Å². The highest BCUT2D eigenvalue weighted by atomic mass is 32.2. The van der Waals surface area contributed by atoms with Gasteiger partial charge in [-0.15, -0.1) is 0 Å². The van der Waals surface area contributed by atoms with Crippen LogP contribution in [0.4, 0.5) is 11.4 Å². The molecule has 0 spiro atoms. The van der Waals surface area contributed by atoms with Crippen molar-refractivity contribution in [1.29, 1.82) is 0 Å². The van der Waals surface area contributed by atoms with E-state index in [1.54, 1.807) is 47.0 Å². The van der Waals surface area contributed by atoms with Crippen LogP contribution in [0.1, 0.15) is 49.4 Å². The largest absolute Gasteiger partial charge is 0.368 e. The van der Waals surface area contributed by atoms with Crippen molar-refractivity contribution in [3.8, 4) is 0 Å². The third-order valence-corrected chi connectivity index (χ3v) is 10.3. The number of nitro benzene ring substituents is 1. The van der Waals surface area contributed by atoms with E-state index < -0.39 is 26.3 Å². The monoisotopic (exact) mass is 581 g/mol. The molecule has 0 bridgehead atoms. The molecule has 0 atom stereocenters. The van der Waals surface area contributed by atoms with Gasteiger partial charge in [0.2, 0.25) is 15.5 Å². The minimum absolute atomic E-state index is 0.0123. The molecule has 11 nitrogen and oxygen atoms in total. The van der Waals surface area contributed by atoms with Gasteiger partial charge in [0.15, 0.2) is 0 Å². The molecule has 1 saturated carbocycles. The van der Waals surface area contributed by atoms with Gasteiger partial charge in [-0.2, -0.15) is 4.31 Å². The molecular formula is C29H35N5O6S. The number of pyridine rings is 1. The van der Waals surface area contributed by atoms with E-state index >= 15 is 0 Å². The minimum atomic E-state index is -3.81. The zero-order chi connectivity index (χ0) is 29.3. The predicted octanol–water partition coefficient (Wildman–Crippen LogP) is 3.85. The molecule has 5 rings (SSSR count). The summed E-state index contributed by atoms with van der Waals surface area (Å²) >= 11 is 0. The average molecular weight is 582 g/mol. The average Bonchev–Trinajstić information content (AvgIpc) is 3.01. The van der Waals surface area contributed by atoms with Gasteiger partial charge in [0.1, 0.15) is 5.56 Å². The molecular weight excluding hydrogens is 546 g/mol. The van der Waals surface area contributed by atoms with Crippen LogP contribution in [0.25, 0.3) is 10.9 Å². The SMILES string of the molecule is CCn1cc(C(=O)N2CCN(c3ccc([N+](=O)[O-])cc3)CC2)c(=O)c2cc(S(=O)(=O)N(C)C3CCCCC3)ccc21. The predicted molar refractivity (Wildman–Crippen MR) is 157 cm³/mol. The van der Waals surface area contributed by atoms with Gasteiger partial charge in [-0.25, -0.2) is 8.42 Å². The van der Waals surface area contributed by atoms with Crippen molar-refractivity contribution in [2.75, 3.05) is 38.1 Å². The first-order chi connectivity index (χ1) is 19.6. The number of sulfonamides is 1. The molecule has 1 amide bonds. The number of nitro groups is 1. The molecule has 2 heterocycles. The van der Waals surface area contributed by atoms with Crippen molar-refractivity contribution in [1.82, 2.24) is 13.8 Å². The van der Waals surface area contributed by atoms with E-state index in [9.17, 15) is 28.1 Å². The molecule has 0 unspecified atom stereocenters. The molecule has 1 aromatic heterocycles. The van der Waals surface area contributed by atoms with Crippen molar-refractivity contribution >= 4 is 38.2 Å². The number of fused-ring (bicyclic) bond motifs is 1. The van der Waals surface area contributed by atoms with Gasteiger partial charge in [-0.05, 0) is 50.1 Å². The number of carbonyl (C=O) groups is 1. The summed E-state index contributed by atoms with van der Waals surface area (Å²) in [5, 5.41) is 11.2. The Morgan fingerprint density at radius 2 is 1.68 bits per heavy atom. The number of carbonyl (C=O) groups excluding carboxylic acids is 1. The summed E-state index contributed by atoms with van der Waals surface area (Å²) in [6, 6.07) is 10.8. The number of piperazine rings is 1. The molecule has 12 heteroatoms. The maximum atomic E-state index is 13.7. The third kappa shape index (κ3) is 5.58. The Kier molecular flexibility index (Phi) is 8.14. The molecule has 218 valence electrons. The summed E-state index contributed by atoms with van der Waals surface area (Å²) in [6.45, 7) is 4.17. The van der Waals surface area contributed by atoms with Crippen LogP contribution >= 0.6 is 0 Å². The maximum Gasteiger partial charge on any atom is 0.269 e. The van der Waals surface area contributed by atoms with Crippen LogP contribution in [0.3, 0.4) is 0 Å². The number of rotatable bonds is 7. The third-order valence-electron chi connectivity index (χ3n) is 8.38. The lowest BCUT2D eigenvalue weighted by Crippen LogP contribution is -2.49. The summed E-state index contributed by atoms with van der Waals surface area (Å²) in [5.74, 6) is -0.393. The Balaban J connectivity index is 1.40. The summed E-state index contributed by atoms with van der Waals surface area (Å²) in [6.07, 6.45) is 6.32. The van der Waals surface area contributed by atoms with Crippen molar-refractivity contribution in [3.05, 3.63) is 74.6 Å². The molecule has 2 fully saturated rings. The fraction of sp³-hybridized carbons (Fsp3) is 0.448. The second kappa shape index (κ2) is 11.6. The van der Waals surface area contributed by atoms with Crippen LogP contribution in [0.2, 0.25) is 0 Å². The highest BCUT2D eigenvalue weighted by Gasteiger charge is 2.30. The van der Waals surface area contributed by atoms with Crippen molar-refractivity contribution in [2.24, 2.45) is 0 Å². The minimum Gasteiger partial charge on any atom is -0.368 e. The highest BCUT2D eigenvalue weighted by Crippen LogP contribution is 2.28. The molecule has 0 N–H and O–H groups in total. The second-order valence-electron chi connectivity index (χ2n) is 10.7. The number of anilines is 1. The van der Waals surface area contributed by atoms with Crippen LogP contribution in [0, 0.1) is 10.1 Å². The normalized spacial score (nSPS) is 16.9. The Bertz CT molecular complexity index is 1620. The zero-order valence-corrected chi connectivity index (χ0v) is 24.2. The first-order valence-corrected chi connectivity index (χ1v) is 15.5. The van der Waals surface area contributed by atoms with Crippen molar-refractivity contribution in [2.45, 2.75) is 56.5 Å². The van der Waals surface area contributed by atoms with Gasteiger partial charge < -0.3 is 14.4 Å². The number of nitrogens with zero attached hydrogens (tertiary/aromatic N) is 5. The van der Waals surface area contributed by atoms with Gasteiger partial charge in [0, 0.05) is 75.2 Å². The van der Waals surface area contributed by atoms with Gasteiger partial charge in [0.25, 0.3) is 11.6 Å². The number of aryl methyl sites for hydroxylation is 1. The molecule has 1 saturated heterocycles. The van der Waals surface area contributed by atoms with Crippen LogP contribution in [0.5, 0.6) is 0 Å². The van der Waals surface area contributed by atoms with E-state index in [4.69, 9.17) is 0 Å². The van der Waals surface area contributed by atoms with E-state index in [1.807, 2.05) is 11.8 Å². The molecule has 41 heavy (non-hydrogen) atoms. The summed E-state index contributed by atoms with van der Waals surface area (Å²) < 4.78 is 30.3. The van der Waals surface area contributed by atoms with Crippen LogP contribution in [0.15, 0.2) is 58.4 Å².